The number of carbonyl (C=O) groups excluding carboxylic acids is 2. The molecule has 0 aliphatic rings. The molecule has 114 valence electrons. The van der Waals surface area contributed by atoms with Gasteiger partial charge in [-0.15, -0.1) is 0 Å². The number of nitrogens with zero attached hydrogens (tertiary/aromatic N) is 2. The van der Waals surface area contributed by atoms with Crippen molar-refractivity contribution in [2.75, 3.05) is 0 Å². The molecule has 0 aliphatic heterocycles. The summed E-state index contributed by atoms with van der Waals surface area (Å²) >= 11 is 0. The Kier molecular flexibility index (Phi) is 15.7. The molecule has 21 heavy (non-hydrogen) atoms. The number of hydrogen-bond donors (Lipinski definition) is 0. The Bertz CT molecular complexity index is 475. The maximum Gasteiger partial charge on any atom is 0.170 e. The molecule has 0 aromatic carbocycles. The highest BCUT2D eigenvalue weighted by molar-refractivity contribution is 6.26. The third-order valence-electron chi connectivity index (χ3n) is 1.80. The van der Waals surface area contributed by atoms with Crippen LogP contribution >= 0.6 is 0 Å². The minimum atomic E-state index is -0.0369. The van der Waals surface area contributed by atoms with Crippen LogP contribution in [-0.2, 0) is 4.79 Å². The molecule has 0 N–H and O–H groups in total. The Hall–Kier alpha value is -2.36. The molecule has 0 unspecified atom stereocenters. The summed E-state index contributed by atoms with van der Waals surface area (Å²) < 4.78 is 0. The van der Waals surface area contributed by atoms with Crippen molar-refractivity contribution in [1.29, 1.82) is 0 Å². The van der Waals surface area contributed by atoms with Gasteiger partial charge in [0.1, 0.15) is 0 Å². The highest BCUT2D eigenvalue weighted by Gasteiger charge is 1.93. The van der Waals surface area contributed by atoms with Gasteiger partial charge in [-0.1, -0.05) is 26.0 Å². The zero-order chi connectivity index (χ0) is 16.5. The normalized spacial score (nSPS) is 9.95. The van der Waals surface area contributed by atoms with Crippen LogP contribution in [0.15, 0.2) is 53.9 Å². The van der Waals surface area contributed by atoms with E-state index < -0.39 is 0 Å². The number of aliphatic imine (C=N–C) groups is 1. The fourth-order valence-corrected chi connectivity index (χ4v) is 0.930. The van der Waals surface area contributed by atoms with Crippen LogP contribution in [0.1, 0.15) is 45.0 Å². The van der Waals surface area contributed by atoms with E-state index >= 15 is 0 Å². The third kappa shape index (κ3) is 15.6. The number of ketones is 2. The number of aromatic nitrogens is 1. The molecule has 0 saturated carbocycles. The number of carbonyl (C=O) groups is 2. The maximum atomic E-state index is 10.6. The number of rotatable bonds is 4. The summed E-state index contributed by atoms with van der Waals surface area (Å²) in [5, 5.41) is 0. The van der Waals surface area contributed by atoms with Crippen molar-refractivity contribution in [2.24, 2.45) is 4.99 Å². The van der Waals surface area contributed by atoms with Crippen molar-refractivity contribution >= 4 is 17.8 Å². The lowest BCUT2D eigenvalue weighted by atomic mass is 10.2. The summed E-state index contributed by atoms with van der Waals surface area (Å²) in [4.78, 5) is 28.4. The van der Waals surface area contributed by atoms with Crippen molar-refractivity contribution in [3.8, 4) is 0 Å². The summed E-state index contributed by atoms with van der Waals surface area (Å²) in [6.07, 6.45) is 11.5. The van der Waals surface area contributed by atoms with E-state index in [9.17, 15) is 9.59 Å². The fourth-order valence-electron chi connectivity index (χ4n) is 0.930. The lowest BCUT2D eigenvalue weighted by Gasteiger charge is -1.88. The summed E-state index contributed by atoms with van der Waals surface area (Å²) in [6.45, 7) is 8.91. The Balaban J connectivity index is 0. The molecule has 0 aliphatic carbocycles. The first-order valence-electron chi connectivity index (χ1n) is 6.80. The van der Waals surface area contributed by atoms with Crippen LogP contribution in [0.4, 0.5) is 0 Å². The van der Waals surface area contributed by atoms with Gasteiger partial charge in [0.05, 0.1) is 6.21 Å². The zero-order valence-electron chi connectivity index (χ0n) is 13.4. The molecule has 0 fully saturated rings. The van der Waals surface area contributed by atoms with Gasteiger partial charge in [-0.3, -0.25) is 19.6 Å². The monoisotopic (exact) mass is 288 g/mol. The van der Waals surface area contributed by atoms with Crippen LogP contribution in [0.25, 0.3) is 0 Å². The van der Waals surface area contributed by atoms with E-state index in [1.54, 1.807) is 36.8 Å². The number of pyridine rings is 1. The number of allylic oxidation sites excluding steroid dienone is 3. The van der Waals surface area contributed by atoms with Crippen LogP contribution in [-0.4, -0.2) is 22.8 Å². The van der Waals surface area contributed by atoms with Crippen molar-refractivity contribution in [1.82, 2.24) is 4.98 Å². The molecule has 0 spiro atoms. The summed E-state index contributed by atoms with van der Waals surface area (Å²) in [7, 11) is 0. The first-order valence-corrected chi connectivity index (χ1v) is 6.80. The lowest BCUT2D eigenvalue weighted by Crippen LogP contribution is -1.90. The molecule has 4 nitrogen and oxygen atoms in total. The quantitative estimate of drug-likeness (QED) is 0.477. The van der Waals surface area contributed by atoms with E-state index in [1.807, 2.05) is 32.9 Å². The smallest absolute Gasteiger partial charge is 0.170 e. The molecule has 1 aromatic heterocycles. The van der Waals surface area contributed by atoms with Gasteiger partial charge in [0.25, 0.3) is 0 Å². The van der Waals surface area contributed by atoms with Gasteiger partial charge in [-0.25, -0.2) is 0 Å². The van der Waals surface area contributed by atoms with Crippen LogP contribution in [0.3, 0.4) is 0 Å². The van der Waals surface area contributed by atoms with Gasteiger partial charge in [-0.05, 0) is 32.1 Å². The molecule has 1 rings (SSSR count). The third-order valence-corrected chi connectivity index (χ3v) is 1.80. The predicted molar refractivity (Wildman–Crippen MR) is 88.7 cm³/mol. The van der Waals surface area contributed by atoms with Crippen molar-refractivity contribution in [3.05, 3.63) is 54.5 Å². The van der Waals surface area contributed by atoms with Gasteiger partial charge < -0.3 is 0 Å². The lowest BCUT2D eigenvalue weighted by molar-refractivity contribution is -0.110. The highest BCUT2D eigenvalue weighted by Crippen LogP contribution is 1.94. The minimum Gasteiger partial charge on any atom is -0.294 e. The zero-order valence-corrected chi connectivity index (χ0v) is 13.4. The van der Waals surface area contributed by atoms with Crippen LogP contribution < -0.4 is 0 Å². The van der Waals surface area contributed by atoms with E-state index in [2.05, 4.69) is 9.98 Å². The molecule has 4 heteroatoms. The van der Waals surface area contributed by atoms with E-state index in [0.717, 1.165) is 0 Å². The topological polar surface area (TPSA) is 59.4 Å². The van der Waals surface area contributed by atoms with Gasteiger partial charge >= 0.3 is 0 Å². The first-order chi connectivity index (χ1) is 10.1. The molecule has 0 bridgehead atoms. The Labute approximate surface area is 127 Å². The molecule has 1 heterocycles. The minimum absolute atomic E-state index is 0.0369. The fraction of sp³-hybridized carbons (Fsp3) is 0.294. The van der Waals surface area contributed by atoms with Crippen LogP contribution in [0, 0.1) is 0 Å². The van der Waals surface area contributed by atoms with Gasteiger partial charge in [0.15, 0.2) is 11.6 Å². The van der Waals surface area contributed by atoms with E-state index in [1.165, 1.54) is 20.1 Å². The highest BCUT2D eigenvalue weighted by atomic mass is 16.1. The second-order valence-electron chi connectivity index (χ2n) is 3.55. The maximum absolute atomic E-state index is 10.6. The molecule has 0 atom stereocenters. The molecular formula is C17H24N2O2. The Morgan fingerprint density at radius 2 is 1.86 bits per heavy atom. The molecule has 0 amide bonds. The van der Waals surface area contributed by atoms with E-state index in [4.69, 9.17) is 0 Å². The van der Waals surface area contributed by atoms with Gasteiger partial charge in [0.2, 0.25) is 0 Å². The summed E-state index contributed by atoms with van der Waals surface area (Å²) in [6, 6.07) is 3.49. The van der Waals surface area contributed by atoms with Crippen molar-refractivity contribution in [2.45, 2.75) is 34.6 Å². The van der Waals surface area contributed by atoms with Gasteiger partial charge in [0, 0.05) is 31.1 Å². The van der Waals surface area contributed by atoms with E-state index in [0.29, 0.717) is 5.56 Å². The Morgan fingerprint density at radius 3 is 2.24 bits per heavy atom. The van der Waals surface area contributed by atoms with Crippen LogP contribution in [0.2, 0.25) is 0 Å². The number of hydrogen-bond acceptors (Lipinski definition) is 4. The predicted octanol–water partition coefficient (Wildman–Crippen LogP) is 4.05. The summed E-state index contributed by atoms with van der Waals surface area (Å²) in [5.41, 5.74) is 0.664. The summed E-state index contributed by atoms with van der Waals surface area (Å²) in [5.74, 6) is 0.0215. The van der Waals surface area contributed by atoms with E-state index in [-0.39, 0.29) is 11.6 Å². The average molecular weight is 288 g/mol. The van der Waals surface area contributed by atoms with Gasteiger partial charge in [-0.2, -0.15) is 0 Å². The largest absolute Gasteiger partial charge is 0.294 e. The van der Waals surface area contributed by atoms with Crippen molar-refractivity contribution in [3.63, 3.8) is 0 Å². The molecular weight excluding hydrogens is 264 g/mol. The first kappa shape index (κ1) is 20.9. The SMILES string of the molecule is C/C=C\C=C/N=CC(C)=O.CC.CC(=O)c1cccnc1. The second-order valence-corrected chi connectivity index (χ2v) is 3.55. The van der Waals surface area contributed by atoms with Crippen LogP contribution in [0.5, 0.6) is 0 Å². The van der Waals surface area contributed by atoms with Crippen molar-refractivity contribution < 1.29 is 9.59 Å². The standard InChI is InChI=1S/C8H11NO.C7H7NO.C2H6/c1-3-4-5-6-9-7-8(2)10;1-6(9)7-3-2-4-8-5-7;1-2/h3-7H,1-2H3;2-5H,1H3;1-2H3/b4-3-,6-5-,9-7?;;. The average Bonchev–Trinajstić information content (AvgIpc) is 2.50. The second kappa shape index (κ2) is 15.7. The molecule has 0 radical (unpaired) electrons. The Morgan fingerprint density at radius 1 is 1.19 bits per heavy atom. The number of Topliss-reactive ketones (excluding diaryl/α,β-unsaturated/α-hetero) is 2. The molecule has 0 saturated heterocycles. The molecule has 1 aromatic rings.